The van der Waals surface area contributed by atoms with E-state index in [2.05, 4.69) is 44.8 Å². The molecule has 6 nitrogen and oxygen atoms in total. The number of carbonyl (C=O) groups excluding carboxylic acids is 1. The minimum Gasteiger partial charge on any atom is -0.334 e. The summed E-state index contributed by atoms with van der Waals surface area (Å²) in [4.78, 5) is 19.0. The van der Waals surface area contributed by atoms with Crippen molar-refractivity contribution in [3.8, 4) is 0 Å². The second-order valence-electron chi connectivity index (χ2n) is 6.73. The fourth-order valence-corrected chi connectivity index (χ4v) is 3.42. The SMILES string of the molecule is O=C(NCc1cn2ccccc2n1)NC1CCN(Cc2ccccc2)C1. The largest absolute Gasteiger partial charge is 0.334 e. The van der Waals surface area contributed by atoms with Crippen molar-refractivity contribution in [2.24, 2.45) is 0 Å². The van der Waals surface area contributed by atoms with Gasteiger partial charge in [0.1, 0.15) is 5.65 Å². The summed E-state index contributed by atoms with van der Waals surface area (Å²) in [6.45, 7) is 3.25. The Morgan fingerprint density at radius 2 is 2.00 bits per heavy atom. The molecule has 0 aliphatic carbocycles. The number of nitrogens with one attached hydrogen (secondary N) is 2. The van der Waals surface area contributed by atoms with Crippen LogP contribution in [0.2, 0.25) is 0 Å². The van der Waals surface area contributed by atoms with Gasteiger partial charge >= 0.3 is 6.03 Å². The molecule has 2 N–H and O–H groups in total. The van der Waals surface area contributed by atoms with Gasteiger partial charge in [0.25, 0.3) is 0 Å². The number of urea groups is 1. The lowest BCUT2D eigenvalue weighted by molar-refractivity contribution is 0.235. The van der Waals surface area contributed by atoms with Crippen LogP contribution < -0.4 is 10.6 Å². The molecule has 1 saturated heterocycles. The van der Waals surface area contributed by atoms with Crippen molar-refractivity contribution in [3.05, 3.63) is 72.2 Å². The van der Waals surface area contributed by atoms with Crippen LogP contribution in [-0.4, -0.2) is 39.4 Å². The van der Waals surface area contributed by atoms with Gasteiger partial charge in [-0.05, 0) is 24.1 Å². The van der Waals surface area contributed by atoms with E-state index in [0.717, 1.165) is 37.4 Å². The molecule has 1 atom stereocenters. The second kappa shape index (κ2) is 7.58. The van der Waals surface area contributed by atoms with E-state index in [9.17, 15) is 4.79 Å². The molecule has 1 aliphatic rings. The van der Waals surface area contributed by atoms with E-state index in [4.69, 9.17) is 0 Å². The molecule has 2 amide bonds. The van der Waals surface area contributed by atoms with Crippen LogP contribution in [0, 0.1) is 0 Å². The Morgan fingerprint density at radius 3 is 2.85 bits per heavy atom. The standard InChI is InChI=1S/C20H23N5O/c26-20(21-12-18-15-25-10-5-4-8-19(25)22-18)23-17-9-11-24(14-17)13-16-6-2-1-3-7-16/h1-8,10,15,17H,9,11-14H2,(H2,21,23,26). The number of benzene rings is 1. The number of amides is 2. The topological polar surface area (TPSA) is 61.7 Å². The number of likely N-dealkylation sites (tertiary alicyclic amines) is 1. The number of rotatable bonds is 5. The molecule has 26 heavy (non-hydrogen) atoms. The Morgan fingerprint density at radius 1 is 1.15 bits per heavy atom. The summed E-state index contributed by atoms with van der Waals surface area (Å²) in [7, 11) is 0. The maximum absolute atomic E-state index is 12.2. The number of nitrogens with zero attached hydrogens (tertiary/aromatic N) is 3. The molecule has 1 aliphatic heterocycles. The van der Waals surface area contributed by atoms with E-state index in [-0.39, 0.29) is 12.1 Å². The Labute approximate surface area is 152 Å². The van der Waals surface area contributed by atoms with Crippen LogP contribution in [0.5, 0.6) is 0 Å². The molecule has 1 fully saturated rings. The van der Waals surface area contributed by atoms with E-state index in [1.54, 1.807) is 0 Å². The molecular weight excluding hydrogens is 326 g/mol. The van der Waals surface area contributed by atoms with Crippen molar-refractivity contribution in [1.82, 2.24) is 24.9 Å². The molecular formula is C20H23N5O. The third kappa shape index (κ3) is 4.03. The van der Waals surface area contributed by atoms with Crippen LogP contribution in [0.25, 0.3) is 5.65 Å². The lowest BCUT2D eigenvalue weighted by atomic mass is 10.2. The van der Waals surface area contributed by atoms with Gasteiger partial charge in [0, 0.05) is 38.1 Å². The smallest absolute Gasteiger partial charge is 0.315 e. The molecule has 2 aromatic heterocycles. The van der Waals surface area contributed by atoms with Crippen LogP contribution in [0.3, 0.4) is 0 Å². The fraction of sp³-hybridized carbons (Fsp3) is 0.300. The first kappa shape index (κ1) is 16.6. The van der Waals surface area contributed by atoms with Crippen LogP contribution in [0.15, 0.2) is 60.9 Å². The van der Waals surface area contributed by atoms with E-state index in [1.165, 1.54) is 5.56 Å². The first-order valence-electron chi connectivity index (χ1n) is 8.99. The average molecular weight is 349 g/mol. The van der Waals surface area contributed by atoms with E-state index < -0.39 is 0 Å². The van der Waals surface area contributed by atoms with Gasteiger partial charge in [-0.2, -0.15) is 0 Å². The molecule has 3 heterocycles. The number of fused-ring (bicyclic) bond motifs is 1. The molecule has 4 rings (SSSR count). The average Bonchev–Trinajstić information content (AvgIpc) is 3.27. The van der Waals surface area contributed by atoms with Crippen LogP contribution in [0.4, 0.5) is 4.79 Å². The van der Waals surface area contributed by atoms with Crippen LogP contribution in [0.1, 0.15) is 17.7 Å². The van der Waals surface area contributed by atoms with Crippen LogP contribution in [-0.2, 0) is 13.1 Å². The maximum Gasteiger partial charge on any atom is 0.315 e. The third-order valence-corrected chi connectivity index (χ3v) is 4.70. The summed E-state index contributed by atoms with van der Waals surface area (Å²) < 4.78 is 1.95. The first-order chi connectivity index (χ1) is 12.8. The summed E-state index contributed by atoms with van der Waals surface area (Å²) in [5, 5.41) is 5.98. The zero-order chi connectivity index (χ0) is 17.8. The van der Waals surface area contributed by atoms with Crippen molar-refractivity contribution < 1.29 is 4.79 Å². The minimum absolute atomic E-state index is 0.131. The first-order valence-corrected chi connectivity index (χ1v) is 8.99. The highest BCUT2D eigenvalue weighted by Gasteiger charge is 2.23. The summed E-state index contributed by atoms with van der Waals surface area (Å²) in [5.74, 6) is 0. The molecule has 6 heteroatoms. The number of imidazole rings is 1. The van der Waals surface area contributed by atoms with Gasteiger partial charge in [-0.25, -0.2) is 9.78 Å². The van der Waals surface area contributed by atoms with Crippen molar-refractivity contribution in [1.29, 1.82) is 0 Å². The van der Waals surface area contributed by atoms with Crippen molar-refractivity contribution in [2.75, 3.05) is 13.1 Å². The lowest BCUT2D eigenvalue weighted by Gasteiger charge is -2.17. The number of aromatic nitrogens is 2. The van der Waals surface area contributed by atoms with Crippen molar-refractivity contribution in [2.45, 2.75) is 25.6 Å². The highest BCUT2D eigenvalue weighted by molar-refractivity contribution is 5.74. The van der Waals surface area contributed by atoms with Gasteiger partial charge in [-0.1, -0.05) is 36.4 Å². The quantitative estimate of drug-likeness (QED) is 0.744. The van der Waals surface area contributed by atoms with E-state index in [0.29, 0.717) is 6.54 Å². The molecule has 3 aromatic rings. The summed E-state index contributed by atoms with van der Waals surface area (Å²) in [6, 6.07) is 16.4. The highest BCUT2D eigenvalue weighted by Crippen LogP contribution is 2.13. The second-order valence-corrected chi connectivity index (χ2v) is 6.73. The zero-order valence-electron chi connectivity index (χ0n) is 14.6. The number of hydrogen-bond acceptors (Lipinski definition) is 3. The van der Waals surface area contributed by atoms with Gasteiger partial charge < -0.3 is 15.0 Å². The van der Waals surface area contributed by atoms with E-state index >= 15 is 0 Å². The van der Waals surface area contributed by atoms with Gasteiger partial charge in [0.2, 0.25) is 0 Å². The molecule has 0 spiro atoms. The van der Waals surface area contributed by atoms with Gasteiger partial charge in [-0.3, -0.25) is 4.90 Å². The highest BCUT2D eigenvalue weighted by atomic mass is 16.2. The Balaban J connectivity index is 1.23. The molecule has 0 radical (unpaired) electrons. The number of hydrogen-bond donors (Lipinski definition) is 2. The maximum atomic E-state index is 12.2. The third-order valence-electron chi connectivity index (χ3n) is 4.70. The Bertz CT molecular complexity index is 843. The van der Waals surface area contributed by atoms with Gasteiger partial charge in [0.05, 0.1) is 12.2 Å². The normalized spacial score (nSPS) is 17.5. The fourth-order valence-electron chi connectivity index (χ4n) is 3.42. The molecule has 1 aromatic carbocycles. The monoisotopic (exact) mass is 349 g/mol. The van der Waals surface area contributed by atoms with Gasteiger partial charge in [-0.15, -0.1) is 0 Å². The minimum atomic E-state index is -0.131. The molecule has 0 saturated carbocycles. The van der Waals surface area contributed by atoms with Crippen molar-refractivity contribution in [3.63, 3.8) is 0 Å². The Hall–Kier alpha value is -2.86. The van der Waals surface area contributed by atoms with Gasteiger partial charge in [0.15, 0.2) is 0 Å². The van der Waals surface area contributed by atoms with Crippen molar-refractivity contribution >= 4 is 11.7 Å². The zero-order valence-corrected chi connectivity index (χ0v) is 14.6. The van der Waals surface area contributed by atoms with E-state index in [1.807, 2.05) is 41.1 Å². The number of carbonyl (C=O) groups is 1. The molecule has 0 bridgehead atoms. The summed E-state index contributed by atoms with van der Waals surface area (Å²) >= 11 is 0. The predicted molar refractivity (Wildman–Crippen MR) is 101 cm³/mol. The Kier molecular flexibility index (Phi) is 4.84. The summed E-state index contributed by atoms with van der Waals surface area (Å²) in [5.41, 5.74) is 3.05. The van der Waals surface area contributed by atoms with Crippen LogP contribution >= 0.6 is 0 Å². The lowest BCUT2D eigenvalue weighted by Crippen LogP contribution is -2.43. The predicted octanol–water partition coefficient (Wildman–Crippen LogP) is 2.41. The molecule has 134 valence electrons. The summed E-state index contributed by atoms with van der Waals surface area (Å²) in [6.07, 6.45) is 4.87. The molecule has 1 unspecified atom stereocenters. The number of pyridine rings is 1.